The van der Waals surface area contributed by atoms with E-state index in [0.717, 1.165) is 51.0 Å². The molecule has 2 aromatic carbocycles. The van der Waals surface area contributed by atoms with Crippen molar-refractivity contribution in [3.8, 4) is 0 Å². The molecule has 1 fully saturated rings. The first-order chi connectivity index (χ1) is 15.6. The summed E-state index contributed by atoms with van der Waals surface area (Å²) in [4.78, 5) is 17.2. The van der Waals surface area contributed by atoms with Crippen LogP contribution in [0.2, 0.25) is 10.0 Å². The molecule has 0 saturated carbocycles. The summed E-state index contributed by atoms with van der Waals surface area (Å²) in [5, 5.41) is 3.41. The number of piperazine rings is 1. The second-order valence-electron chi connectivity index (χ2n) is 8.29. The standard InChI is InChI=1S/C23H30Cl2N4O3S/c1-27-13-15-28(16-14-27)12-4-11-26-23(30)19-9-7-18(8-10-19)17-29(33(2,31)32)21-6-3-5-20(24)22(21)25/h3,5-10H,4,11-17H2,1-2H3,(H,26,30). The average molecular weight is 513 g/mol. The number of nitrogens with zero attached hydrogens (tertiary/aromatic N) is 3. The Balaban J connectivity index is 1.56. The van der Waals surface area contributed by atoms with E-state index in [1.807, 2.05) is 0 Å². The Morgan fingerprint density at radius 2 is 1.73 bits per heavy atom. The smallest absolute Gasteiger partial charge is 0.251 e. The van der Waals surface area contributed by atoms with Crippen molar-refractivity contribution < 1.29 is 13.2 Å². The summed E-state index contributed by atoms with van der Waals surface area (Å²) < 4.78 is 26.0. The molecule has 10 heteroatoms. The molecule has 0 aliphatic carbocycles. The number of halogens is 2. The number of sulfonamides is 1. The van der Waals surface area contributed by atoms with Gasteiger partial charge in [-0.2, -0.15) is 0 Å². The van der Waals surface area contributed by atoms with Crippen LogP contribution >= 0.6 is 23.2 Å². The zero-order valence-electron chi connectivity index (χ0n) is 18.9. The van der Waals surface area contributed by atoms with Gasteiger partial charge in [-0.05, 0) is 49.8 Å². The summed E-state index contributed by atoms with van der Waals surface area (Å²) in [7, 11) is -1.47. The molecule has 0 atom stereocenters. The van der Waals surface area contributed by atoms with Crippen molar-refractivity contribution in [1.82, 2.24) is 15.1 Å². The third-order valence-corrected chi connectivity index (χ3v) is 7.61. The summed E-state index contributed by atoms with van der Waals surface area (Å²) in [5.74, 6) is -0.141. The van der Waals surface area contributed by atoms with E-state index in [4.69, 9.17) is 23.2 Å². The Labute approximate surface area is 206 Å². The number of hydrogen-bond donors (Lipinski definition) is 1. The van der Waals surface area contributed by atoms with Gasteiger partial charge >= 0.3 is 0 Å². The van der Waals surface area contributed by atoms with Gasteiger partial charge < -0.3 is 15.1 Å². The van der Waals surface area contributed by atoms with Crippen LogP contribution in [0.1, 0.15) is 22.3 Å². The number of benzene rings is 2. The van der Waals surface area contributed by atoms with Crippen LogP contribution in [0, 0.1) is 0 Å². The fraction of sp³-hybridized carbons (Fsp3) is 0.435. The van der Waals surface area contributed by atoms with E-state index in [9.17, 15) is 13.2 Å². The Bertz CT molecular complexity index is 1060. The number of rotatable bonds is 9. The molecule has 1 aliphatic rings. The molecule has 0 bridgehead atoms. The lowest BCUT2D eigenvalue weighted by molar-refractivity contribution is 0.0949. The third-order valence-electron chi connectivity index (χ3n) is 5.68. The third kappa shape index (κ3) is 7.32. The van der Waals surface area contributed by atoms with Crippen molar-refractivity contribution in [3.05, 3.63) is 63.6 Å². The molecule has 0 unspecified atom stereocenters. The maximum atomic E-state index is 12.5. The molecular weight excluding hydrogens is 483 g/mol. The summed E-state index contributed by atoms with van der Waals surface area (Å²) >= 11 is 12.3. The topological polar surface area (TPSA) is 73.0 Å². The molecule has 1 heterocycles. The molecule has 1 saturated heterocycles. The lowest BCUT2D eigenvalue weighted by atomic mass is 10.1. The molecule has 180 valence electrons. The van der Waals surface area contributed by atoms with E-state index < -0.39 is 10.0 Å². The highest BCUT2D eigenvalue weighted by Crippen LogP contribution is 2.34. The van der Waals surface area contributed by atoms with E-state index in [1.54, 1.807) is 42.5 Å². The average Bonchev–Trinajstić information content (AvgIpc) is 2.78. The molecule has 2 aromatic rings. The van der Waals surface area contributed by atoms with E-state index in [0.29, 0.717) is 17.8 Å². The van der Waals surface area contributed by atoms with Crippen molar-refractivity contribution in [3.63, 3.8) is 0 Å². The molecule has 0 aromatic heterocycles. The molecule has 1 N–H and O–H groups in total. The van der Waals surface area contributed by atoms with Crippen molar-refractivity contribution in [2.75, 3.05) is 56.9 Å². The van der Waals surface area contributed by atoms with Gasteiger partial charge in [-0.1, -0.05) is 41.4 Å². The second kappa shape index (κ2) is 11.5. The van der Waals surface area contributed by atoms with Gasteiger partial charge in [0.2, 0.25) is 10.0 Å². The largest absolute Gasteiger partial charge is 0.352 e. The summed E-state index contributed by atoms with van der Waals surface area (Å²) in [5.41, 5.74) is 1.57. The molecule has 1 amide bonds. The summed E-state index contributed by atoms with van der Waals surface area (Å²) in [6, 6.07) is 11.8. The minimum Gasteiger partial charge on any atom is -0.352 e. The Kier molecular flexibility index (Phi) is 9.01. The van der Waals surface area contributed by atoms with Crippen LogP contribution < -0.4 is 9.62 Å². The molecule has 7 nitrogen and oxygen atoms in total. The zero-order chi connectivity index (χ0) is 24.0. The first-order valence-electron chi connectivity index (χ1n) is 10.8. The first kappa shape index (κ1) is 25.8. The van der Waals surface area contributed by atoms with Crippen LogP contribution in [0.4, 0.5) is 5.69 Å². The quantitative estimate of drug-likeness (QED) is 0.521. The second-order valence-corrected chi connectivity index (χ2v) is 11.0. The molecule has 3 rings (SSSR count). The number of amides is 1. The number of anilines is 1. The van der Waals surface area contributed by atoms with Gasteiger partial charge in [-0.3, -0.25) is 9.10 Å². The highest BCUT2D eigenvalue weighted by molar-refractivity contribution is 7.92. The fourth-order valence-electron chi connectivity index (χ4n) is 3.67. The molecular formula is C23H30Cl2N4O3S. The highest BCUT2D eigenvalue weighted by Gasteiger charge is 2.22. The van der Waals surface area contributed by atoms with Gasteiger partial charge in [0.25, 0.3) is 5.91 Å². The fourth-order valence-corrected chi connectivity index (χ4v) is 5.01. The normalized spacial score (nSPS) is 15.4. The van der Waals surface area contributed by atoms with Crippen molar-refractivity contribution in [2.24, 2.45) is 0 Å². The van der Waals surface area contributed by atoms with Crippen LogP contribution in [0.3, 0.4) is 0 Å². The number of likely N-dealkylation sites (N-methyl/N-ethyl adjacent to an activating group) is 1. The molecule has 1 aliphatic heterocycles. The van der Waals surface area contributed by atoms with E-state index >= 15 is 0 Å². The van der Waals surface area contributed by atoms with E-state index in [-0.39, 0.29) is 22.5 Å². The highest BCUT2D eigenvalue weighted by atomic mass is 35.5. The monoisotopic (exact) mass is 512 g/mol. The summed E-state index contributed by atoms with van der Waals surface area (Å²) in [6.07, 6.45) is 2.02. The van der Waals surface area contributed by atoms with Gasteiger partial charge in [-0.25, -0.2) is 8.42 Å². The van der Waals surface area contributed by atoms with Crippen molar-refractivity contribution in [2.45, 2.75) is 13.0 Å². The number of carbonyl (C=O) groups is 1. The Morgan fingerprint density at radius 3 is 2.36 bits per heavy atom. The minimum absolute atomic E-state index is 0.0752. The maximum absolute atomic E-state index is 12.5. The van der Waals surface area contributed by atoms with Crippen LogP contribution in [-0.2, 0) is 16.6 Å². The van der Waals surface area contributed by atoms with Crippen LogP contribution in [-0.4, -0.2) is 76.7 Å². The van der Waals surface area contributed by atoms with E-state index in [1.165, 1.54) is 4.31 Å². The number of nitrogens with one attached hydrogen (secondary N) is 1. The van der Waals surface area contributed by atoms with E-state index in [2.05, 4.69) is 22.2 Å². The van der Waals surface area contributed by atoms with Gasteiger partial charge in [-0.15, -0.1) is 0 Å². The van der Waals surface area contributed by atoms with Crippen molar-refractivity contribution >= 4 is 44.8 Å². The van der Waals surface area contributed by atoms with Crippen LogP contribution in [0.25, 0.3) is 0 Å². The number of carbonyl (C=O) groups excluding carboxylic acids is 1. The predicted molar refractivity (Wildman–Crippen MR) is 135 cm³/mol. The Hall–Kier alpha value is -1.84. The molecule has 33 heavy (non-hydrogen) atoms. The van der Waals surface area contributed by atoms with Crippen molar-refractivity contribution in [1.29, 1.82) is 0 Å². The lowest BCUT2D eigenvalue weighted by Crippen LogP contribution is -2.45. The van der Waals surface area contributed by atoms with Gasteiger partial charge in [0.15, 0.2) is 0 Å². The number of hydrogen-bond acceptors (Lipinski definition) is 5. The summed E-state index contributed by atoms with van der Waals surface area (Å²) in [6.45, 7) is 5.96. The lowest BCUT2D eigenvalue weighted by Gasteiger charge is -2.32. The van der Waals surface area contributed by atoms with Gasteiger partial charge in [0, 0.05) is 38.3 Å². The zero-order valence-corrected chi connectivity index (χ0v) is 21.3. The predicted octanol–water partition coefficient (Wildman–Crippen LogP) is 3.33. The maximum Gasteiger partial charge on any atom is 0.251 e. The minimum atomic E-state index is -3.60. The van der Waals surface area contributed by atoms with Gasteiger partial charge in [0.05, 0.1) is 28.5 Å². The first-order valence-corrected chi connectivity index (χ1v) is 13.5. The SMILES string of the molecule is CN1CCN(CCCNC(=O)c2ccc(CN(c3cccc(Cl)c3Cl)S(C)(=O)=O)cc2)CC1. The van der Waals surface area contributed by atoms with Crippen LogP contribution in [0.15, 0.2) is 42.5 Å². The molecule has 0 radical (unpaired) electrons. The van der Waals surface area contributed by atoms with Crippen LogP contribution in [0.5, 0.6) is 0 Å². The Morgan fingerprint density at radius 1 is 1.06 bits per heavy atom. The van der Waals surface area contributed by atoms with Gasteiger partial charge in [0.1, 0.15) is 0 Å². The molecule has 0 spiro atoms.